The van der Waals surface area contributed by atoms with Crippen LogP contribution in [0.5, 0.6) is 0 Å². The topological polar surface area (TPSA) is 13.1 Å². The number of furan rings is 1. The molecule has 0 N–H and O–H groups in total. The van der Waals surface area contributed by atoms with Crippen molar-refractivity contribution in [2.75, 3.05) is 0 Å². The predicted molar refractivity (Wildman–Crippen MR) is 142 cm³/mol. The van der Waals surface area contributed by atoms with Gasteiger partial charge in [0.15, 0.2) is 0 Å². The van der Waals surface area contributed by atoms with E-state index in [1.165, 1.54) is 25.9 Å². The molecule has 3 heteroatoms. The maximum Gasteiger partial charge on any atom is 0.143 e. The van der Waals surface area contributed by atoms with E-state index in [-0.39, 0.29) is 0 Å². The Morgan fingerprint density at radius 1 is 0.606 bits per heavy atom. The SMILES string of the molecule is Clc1ccc(-c2cccc(-c3cccc4c3oc3ccccc34)c2)c2sc3ccccc3c12. The second kappa shape index (κ2) is 7.21. The van der Waals surface area contributed by atoms with Crippen molar-refractivity contribution >= 4 is 65.0 Å². The molecule has 0 atom stereocenters. The van der Waals surface area contributed by atoms with Crippen molar-refractivity contribution in [1.82, 2.24) is 0 Å². The summed E-state index contributed by atoms with van der Waals surface area (Å²) in [6.45, 7) is 0. The van der Waals surface area contributed by atoms with Crippen molar-refractivity contribution in [2.24, 2.45) is 0 Å². The van der Waals surface area contributed by atoms with Gasteiger partial charge in [0.2, 0.25) is 0 Å². The highest BCUT2D eigenvalue weighted by atomic mass is 35.5. The van der Waals surface area contributed by atoms with Gasteiger partial charge in [0.05, 0.1) is 0 Å². The van der Waals surface area contributed by atoms with Crippen molar-refractivity contribution in [1.29, 1.82) is 0 Å². The first-order chi connectivity index (χ1) is 16.3. The summed E-state index contributed by atoms with van der Waals surface area (Å²) in [4.78, 5) is 0. The summed E-state index contributed by atoms with van der Waals surface area (Å²) in [5.74, 6) is 0. The minimum Gasteiger partial charge on any atom is -0.455 e. The minimum atomic E-state index is 0.800. The lowest BCUT2D eigenvalue weighted by Crippen LogP contribution is -1.83. The van der Waals surface area contributed by atoms with Gasteiger partial charge in [-0.25, -0.2) is 0 Å². The molecule has 2 aromatic heterocycles. The van der Waals surface area contributed by atoms with Crippen LogP contribution in [0.15, 0.2) is 108 Å². The van der Waals surface area contributed by atoms with E-state index in [0.29, 0.717) is 0 Å². The van der Waals surface area contributed by atoms with Gasteiger partial charge < -0.3 is 4.42 Å². The first-order valence-corrected chi connectivity index (χ1v) is 12.1. The van der Waals surface area contributed by atoms with Crippen molar-refractivity contribution < 1.29 is 4.42 Å². The Morgan fingerprint density at radius 2 is 1.33 bits per heavy atom. The largest absolute Gasteiger partial charge is 0.455 e. The average molecular weight is 461 g/mol. The van der Waals surface area contributed by atoms with Gasteiger partial charge in [0, 0.05) is 41.5 Å². The molecular formula is C30H17ClOS. The third kappa shape index (κ3) is 2.85. The number of hydrogen-bond donors (Lipinski definition) is 0. The summed E-state index contributed by atoms with van der Waals surface area (Å²) < 4.78 is 8.77. The number of hydrogen-bond acceptors (Lipinski definition) is 2. The standard InChI is InChI=1S/C30H17ClOS/c31-25-16-15-21(30-28(25)24-10-2-4-14-27(24)33-30)19-8-5-7-18(17-19)20-11-6-12-23-22-9-1-3-13-26(22)32-29(20)23/h1-17H. The number of fused-ring (bicyclic) bond motifs is 6. The first-order valence-electron chi connectivity index (χ1n) is 10.9. The fourth-order valence-corrected chi connectivity index (χ4v) is 6.42. The molecule has 0 amide bonds. The van der Waals surface area contributed by atoms with Crippen LogP contribution < -0.4 is 0 Å². The number of rotatable bonds is 2. The second-order valence-corrected chi connectivity index (χ2v) is 9.72. The average Bonchev–Trinajstić information content (AvgIpc) is 3.43. The highest BCUT2D eigenvalue weighted by molar-refractivity contribution is 7.26. The molecule has 7 rings (SSSR count). The first kappa shape index (κ1) is 18.9. The molecule has 0 spiro atoms. The summed E-state index contributed by atoms with van der Waals surface area (Å²) in [5, 5.41) is 5.45. The molecule has 156 valence electrons. The van der Waals surface area contributed by atoms with Crippen LogP contribution in [0.25, 0.3) is 64.4 Å². The number of para-hydroxylation sites is 2. The molecule has 5 aromatic carbocycles. The lowest BCUT2D eigenvalue weighted by Gasteiger charge is -2.09. The molecule has 2 heterocycles. The van der Waals surface area contributed by atoms with E-state index in [4.69, 9.17) is 16.0 Å². The highest BCUT2D eigenvalue weighted by Crippen LogP contribution is 2.44. The van der Waals surface area contributed by atoms with Crippen LogP contribution in [0, 0.1) is 0 Å². The summed E-state index contributed by atoms with van der Waals surface area (Å²) >= 11 is 8.46. The number of halogens is 1. The fourth-order valence-electron chi connectivity index (χ4n) is 4.84. The summed E-state index contributed by atoms with van der Waals surface area (Å²) in [6.07, 6.45) is 0. The van der Waals surface area contributed by atoms with Crippen LogP contribution in [0.3, 0.4) is 0 Å². The van der Waals surface area contributed by atoms with Crippen molar-refractivity contribution in [3.63, 3.8) is 0 Å². The molecule has 0 saturated heterocycles. The zero-order valence-electron chi connectivity index (χ0n) is 17.5. The van der Waals surface area contributed by atoms with Gasteiger partial charge in [0.1, 0.15) is 11.2 Å². The Labute approximate surface area is 199 Å². The highest BCUT2D eigenvalue weighted by Gasteiger charge is 2.15. The Bertz CT molecular complexity index is 1840. The molecule has 33 heavy (non-hydrogen) atoms. The normalized spacial score (nSPS) is 11.8. The van der Waals surface area contributed by atoms with Crippen LogP contribution in [0.1, 0.15) is 0 Å². The van der Waals surface area contributed by atoms with Crippen LogP contribution in [-0.4, -0.2) is 0 Å². The van der Waals surface area contributed by atoms with Gasteiger partial charge in [-0.1, -0.05) is 90.5 Å². The molecule has 0 unspecified atom stereocenters. The van der Waals surface area contributed by atoms with Crippen LogP contribution in [0.4, 0.5) is 0 Å². The molecule has 7 aromatic rings. The molecule has 0 aliphatic carbocycles. The Balaban J connectivity index is 1.46. The van der Waals surface area contributed by atoms with Gasteiger partial charge in [0.25, 0.3) is 0 Å². The molecule has 0 radical (unpaired) electrons. The monoisotopic (exact) mass is 460 g/mol. The third-order valence-corrected chi connectivity index (χ3v) is 7.88. The van der Waals surface area contributed by atoms with E-state index in [2.05, 4.69) is 84.9 Å². The van der Waals surface area contributed by atoms with Crippen molar-refractivity contribution in [3.8, 4) is 22.3 Å². The van der Waals surface area contributed by atoms with E-state index < -0.39 is 0 Å². The quantitative estimate of drug-likeness (QED) is 0.250. The van der Waals surface area contributed by atoms with E-state index in [1.54, 1.807) is 11.3 Å². The minimum absolute atomic E-state index is 0.800. The Hall–Kier alpha value is -3.59. The van der Waals surface area contributed by atoms with E-state index in [0.717, 1.165) is 43.5 Å². The van der Waals surface area contributed by atoms with E-state index in [1.807, 2.05) is 18.2 Å². The predicted octanol–water partition coefficient (Wildman–Crippen LogP) is 9.94. The van der Waals surface area contributed by atoms with Crippen LogP contribution in [-0.2, 0) is 0 Å². The smallest absolute Gasteiger partial charge is 0.143 e. The third-order valence-electron chi connectivity index (χ3n) is 6.36. The van der Waals surface area contributed by atoms with Crippen molar-refractivity contribution in [2.45, 2.75) is 0 Å². The maximum absolute atomic E-state index is 6.66. The zero-order valence-corrected chi connectivity index (χ0v) is 19.1. The molecule has 0 aliphatic rings. The lowest BCUT2D eigenvalue weighted by molar-refractivity contribution is 0.670. The summed E-state index contributed by atoms with van der Waals surface area (Å²) in [7, 11) is 0. The van der Waals surface area contributed by atoms with Crippen LogP contribution >= 0.6 is 22.9 Å². The van der Waals surface area contributed by atoms with Gasteiger partial charge in [-0.15, -0.1) is 11.3 Å². The fraction of sp³-hybridized carbons (Fsp3) is 0. The molecule has 0 fully saturated rings. The van der Waals surface area contributed by atoms with Crippen molar-refractivity contribution in [3.05, 3.63) is 108 Å². The van der Waals surface area contributed by atoms with E-state index >= 15 is 0 Å². The molecule has 1 nitrogen and oxygen atoms in total. The Morgan fingerprint density at radius 3 is 2.24 bits per heavy atom. The molecule has 0 aliphatic heterocycles. The maximum atomic E-state index is 6.66. The van der Waals surface area contributed by atoms with Gasteiger partial charge in [-0.3, -0.25) is 0 Å². The zero-order chi connectivity index (χ0) is 21.9. The number of thiophene rings is 1. The van der Waals surface area contributed by atoms with E-state index in [9.17, 15) is 0 Å². The van der Waals surface area contributed by atoms with Gasteiger partial charge in [-0.05, 0) is 41.0 Å². The Kier molecular flexibility index (Phi) is 4.14. The lowest BCUT2D eigenvalue weighted by atomic mass is 9.97. The molecule has 0 saturated carbocycles. The van der Waals surface area contributed by atoms with Gasteiger partial charge in [-0.2, -0.15) is 0 Å². The van der Waals surface area contributed by atoms with Crippen LogP contribution in [0.2, 0.25) is 5.02 Å². The second-order valence-electron chi connectivity index (χ2n) is 8.26. The molecule has 0 bridgehead atoms. The summed E-state index contributed by atoms with van der Waals surface area (Å²) in [5.41, 5.74) is 6.47. The summed E-state index contributed by atoms with van der Waals surface area (Å²) in [6, 6.07) is 36.0. The van der Waals surface area contributed by atoms with Gasteiger partial charge >= 0.3 is 0 Å². The molecular weight excluding hydrogens is 444 g/mol. The number of benzene rings is 5.